The van der Waals surface area contributed by atoms with Crippen molar-refractivity contribution in [3.05, 3.63) is 93.0 Å². The number of para-hydroxylation sites is 1. The number of carbonyl (C=O) groups excluding carboxylic acids is 2. The molecule has 0 aliphatic carbocycles. The van der Waals surface area contributed by atoms with Crippen LogP contribution in [0.4, 0.5) is 5.69 Å². The molecule has 0 aliphatic rings. The lowest BCUT2D eigenvalue weighted by molar-refractivity contribution is -0.115. The van der Waals surface area contributed by atoms with Gasteiger partial charge in [-0.1, -0.05) is 64.0 Å². The number of aryl methyl sites for hydroxylation is 3. The summed E-state index contributed by atoms with van der Waals surface area (Å²) in [6, 6.07) is 18.8. The van der Waals surface area contributed by atoms with Crippen LogP contribution in [0.2, 0.25) is 0 Å². The second-order valence-corrected chi connectivity index (χ2v) is 8.24. The zero-order chi connectivity index (χ0) is 22.4. The van der Waals surface area contributed by atoms with E-state index in [1.807, 2.05) is 63.2 Å². The SMILES string of the molecule is Cc1cc(C)c(NC(=O)CNC(=O)c2ccccc2OCc2ccccc2Br)c(C)c1. The van der Waals surface area contributed by atoms with Crippen LogP contribution in [0.15, 0.2) is 65.1 Å². The van der Waals surface area contributed by atoms with Gasteiger partial charge in [0.1, 0.15) is 12.4 Å². The third kappa shape index (κ3) is 5.95. The average molecular weight is 481 g/mol. The predicted octanol–water partition coefficient (Wildman–Crippen LogP) is 5.32. The van der Waals surface area contributed by atoms with Crippen LogP contribution in [0.3, 0.4) is 0 Å². The van der Waals surface area contributed by atoms with E-state index in [9.17, 15) is 9.59 Å². The van der Waals surface area contributed by atoms with Crippen LogP contribution in [0.25, 0.3) is 0 Å². The maximum absolute atomic E-state index is 12.7. The Bertz CT molecular complexity index is 1090. The number of nitrogens with one attached hydrogen (secondary N) is 2. The predicted molar refractivity (Wildman–Crippen MR) is 127 cm³/mol. The molecule has 5 nitrogen and oxygen atoms in total. The first kappa shape index (κ1) is 22.6. The first-order valence-electron chi connectivity index (χ1n) is 9.96. The molecule has 3 aromatic rings. The minimum absolute atomic E-state index is 0.135. The highest BCUT2D eigenvalue weighted by atomic mass is 79.9. The summed E-state index contributed by atoms with van der Waals surface area (Å²) in [4.78, 5) is 25.1. The van der Waals surface area contributed by atoms with Crippen molar-refractivity contribution < 1.29 is 14.3 Å². The van der Waals surface area contributed by atoms with Gasteiger partial charge in [-0.05, 0) is 50.1 Å². The molecule has 2 amide bonds. The van der Waals surface area contributed by atoms with Gasteiger partial charge in [-0.25, -0.2) is 0 Å². The molecule has 31 heavy (non-hydrogen) atoms. The molecular formula is C25H25BrN2O3. The summed E-state index contributed by atoms with van der Waals surface area (Å²) in [6.45, 7) is 6.10. The van der Waals surface area contributed by atoms with Crippen LogP contribution < -0.4 is 15.4 Å². The molecule has 0 aliphatic heterocycles. The van der Waals surface area contributed by atoms with E-state index < -0.39 is 0 Å². The van der Waals surface area contributed by atoms with Gasteiger partial charge in [0, 0.05) is 15.7 Å². The molecule has 0 unspecified atom stereocenters. The Morgan fingerprint density at radius 2 is 1.58 bits per heavy atom. The molecule has 2 N–H and O–H groups in total. The van der Waals surface area contributed by atoms with E-state index in [4.69, 9.17) is 4.74 Å². The van der Waals surface area contributed by atoms with Gasteiger partial charge < -0.3 is 15.4 Å². The highest BCUT2D eigenvalue weighted by Crippen LogP contribution is 2.23. The lowest BCUT2D eigenvalue weighted by Gasteiger charge is -2.14. The van der Waals surface area contributed by atoms with Crippen LogP contribution >= 0.6 is 15.9 Å². The molecule has 3 aromatic carbocycles. The smallest absolute Gasteiger partial charge is 0.255 e. The van der Waals surface area contributed by atoms with E-state index in [0.29, 0.717) is 17.9 Å². The van der Waals surface area contributed by atoms with Gasteiger partial charge in [-0.3, -0.25) is 9.59 Å². The van der Waals surface area contributed by atoms with Crippen LogP contribution in [0.5, 0.6) is 5.75 Å². The number of rotatable bonds is 7. The molecule has 3 rings (SSSR count). The van der Waals surface area contributed by atoms with Crippen molar-refractivity contribution in [3.63, 3.8) is 0 Å². The molecule has 160 valence electrons. The van der Waals surface area contributed by atoms with Gasteiger partial charge >= 0.3 is 0 Å². The summed E-state index contributed by atoms with van der Waals surface area (Å²) in [6.07, 6.45) is 0. The van der Waals surface area contributed by atoms with Crippen molar-refractivity contribution in [1.29, 1.82) is 0 Å². The number of hydrogen-bond acceptors (Lipinski definition) is 3. The quantitative estimate of drug-likeness (QED) is 0.480. The maximum atomic E-state index is 12.7. The third-order valence-corrected chi connectivity index (χ3v) is 5.60. The standard InChI is InChI=1S/C25H25BrN2O3/c1-16-12-17(2)24(18(3)13-16)28-23(29)14-27-25(30)20-9-5-7-11-22(20)31-15-19-8-4-6-10-21(19)26/h4-13H,14-15H2,1-3H3,(H,27,30)(H,28,29). The first-order chi connectivity index (χ1) is 14.8. The fourth-order valence-electron chi connectivity index (χ4n) is 3.37. The van der Waals surface area contributed by atoms with E-state index >= 15 is 0 Å². The van der Waals surface area contributed by atoms with Gasteiger partial charge in [0.15, 0.2) is 0 Å². The zero-order valence-electron chi connectivity index (χ0n) is 17.8. The molecular weight excluding hydrogens is 456 g/mol. The Morgan fingerprint density at radius 1 is 0.935 bits per heavy atom. The normalized spacial score (nSPS) is 10.5. The van der Waals surface area contributed by atoms with Crippen molar-refractivity contribution in [2.24, 2.45) is 0 Å². The second-order valence-electron chi connectivity index (χ2n) is 7.38. The van der Waals surface area contributed by atoms with Crippen molar-refractivity contribution in [2.45, 2.75) is 27.4 Å². The van der Waals surface area contributed by atoms with Crippen molar-refractivity contribution in [3.8, 4) is 5.75 Å². The minimum Gasteiger partial charge on any atom is -0.488 e. The summed E-state index contributed by atoms with van der Waals surface area (Å²) in [5, 5.41) is 5.57. The summed E-state index contributed by atoms with van der Waals surface area (Å²) in [7, 11) is 0. The number of ether oxygens (including phenoxy) is 1. The van der Waals surface area contributed by atoms with Gasteiger partial charge in [0.05, 0.1) is 12.1 Å². The number of hydrogen-bond donors (Lipinski definition) is 2. The molecule has 0 aromatic heterocycles. The number of amides is 2. The fraction of sp³-hybridized carbons (Fsp3) is 0.200. The Morgan fingerprint density at radius 3 is 2.29 bits per heavy atom. The van der Waals surface area contributed by atoms with Crippen LogP contribution in [-0.2, 0) is 11.4 Å². The van der Waals surface area contributed by atoms with Crippen molar-refractivity contribution in [2.75, 3.05) is 11.9 Å². The Balaban J connectivity index is 1.62. The zero-order valence-corrected chi connectivity index (χ0v) is 19.4. The molecule has 0 saturated carbocycles. The second kappa shape index (κ2) is 10.3. The largest absolute Gasteiger partial charge is 0.488 e. The Kier molecular flexibility index (Phi) is 7.47. The molecule has 0 saturated heterocycles. The van der Waals surface area contributed by atoms with Crippen LogP contribution in [-0.4, -0.2) is 18.4 Å². The highest BCUT2D eigenvalue weighted by Gasteiger charge is 2.15. The average Bonchev–Trinajstić information content (AvgIpc) is 2.74. The molecule has 0 bridgehead atoms. The maximum Gasteiger partial charge on any atom is 0.255 e. The lowest BCUT2D eigenvalue weighted by atomic mass is 10.1. The molecule has 0 fully saturated rings. The first-order valence-corrected chi connectivity index (χ1v) is 10.8. The van der Waals surface area contributed by atoms with E-state index in [2.05, 4.69) is 26.6 Å². The van der Waals surface area contributed by atoms with E-state index in [0.717, 1.165) is 32.4 Å². The van der Waals surface area contributed by atoms with Crippen LogP contribution in [0.1, 0.15) is 32.6 Å². The topological polar surface area (TPSA) is 67.4 Å². The monoisotopic (exact) mass is 480 g/mol. The van der Waals surface area contributed by atoms with Gasteiger partial charge in [0.25, 0.3) is 5.91 Å². The van der Waals surface area contributed by atoms with E-state index in [1.54, 1.807) is 18.2 Å². The van der Waals surface area contributed by atoms with Crippen molar-refractivity contribution >= 4 is 33.4 Å². The molecule has 0 heterocycles. The molecule has 0 spiro atoms. The number of benzene rings is 3. The third-order valence-electron chi connectivity index (χ3n) is 4.82. The number of halogens is 1. The number of anilines is 1. The molecule has 0 radical (unpaired) electrons. The fourth-order valence-corrected chi connectivity index (χ4v) is 3.77. The number of carbonyl (C=O) groups is 2. The summed E-state index contributed by atoms with van der Waals surface area (Å²) >= 11 is 3.50. The Hall–Kier alpha value is -3.12. The van der Waals surface area contributed by atoms with Gasteiger partial charge in [0.2, 0.25) is 5.91 Å². The van der Waals surface area contributed by atoms with Crippen LogP contribution in [0, 0.1) is 20.8 Å². The van der Waals surface area contributed by atoms with Gasteiger partial charge in [-0.2, -0.15) is 0 Å². The summed E-state index contributed by atoms with van der Waals surface area (Å²) in [5.74, 6) is -0.188. The lowest BCUT2D eigenvalue weighted by Crippen LogP contribution is -2.33. The Labute approximate surface area is 191 Å². The highest BCUT2D eigenvalue weighted by molar-refractivity contribution is 9.10. The summed E-state index contributed by atoms with van der Waals surface area (Å²) < 4.78 is 6.82. The van der Waals surface area contributed by atoms with Crippen molar-refractivity contribution in [1.82, 2.24) is 5.32 Å². The van der Waals surface area contributed by atoms with E-state index in [1.165, 1.54) is 0 Å². The molecule has 6 heteroatoms. The minimum atomic E-state index is -0.366. The van der Waals surface area contributed by atoms with Gasteiger partial charge in [-0.15, -0.1) is 0 Å². The molecule has 0 atom stereocenters. The summed E-state index contributed by atoms with van der Waals surface area (Å²) in [5.41, 5.74) is 5.25. The van der Waals surface area contributed by atoms with E-state index in [-0.39, 0.29) is 18.4 Å².